The molecular formula is C11H23NO3Si. The molecule has 0 aromatic heterocycles. The zero-order chi connectivity index (χ0) is 12.3. The van der Waals surface area contributed by atoms with Crippen LogP contribution < -0.4 is 0 Å². The molecule has 0 aliphatic rings. The lowest BCUT2D eigenvalue weighted by Crippen LogP contribution is -2.43. The van der Waals surface area contributed by atoms with Crippen molar-refractivity contribution in [2.24, 2.45) is 4.99 Å². The molecule has 0 bridgehead atoms. The Hall–Kier alpha value is -0.483. The van der Waals surface area contributed by atoms with Crippen molar-refractivity contribution in [2.75, 3.05) is 19.4 Å². The molecule has 0 aromatic rings. The van der Waals surface area contributed by atoms with Crippen molar-refractivity contribution >= 4 is 14.6 Å². The van der Waals surface area contributed by atoms with Crippen molar-refractivity contribution in [1.82, 2.24) is 0 Å². The molecular weight excluding hydrogens is 222 g/mol. The molecule has 0 aliphatic carbocycles. The summed E-state index contributed by atoms with van der Waals surface area (Å²) in [6, 6.07) is 0. The van der Waals surface area contributed by atoms with E-state index >= 15 is 0 Å². The molecule has 0 heterocycles. The molecule has 0 amide bonds. The van der Waals surface area contributed by atoms with Crippen LogP contribution in [0.5, 0.6) is 0 Å². The number of carbonyl (C=O) groups excluding carboxylic acids is 1. The maximum Gasteiger partial charge on any atom is 0.358 e. The fraction of sp³-hybridized carbons (Fsp3) is 0.909. The van der Waals surface area contributed by atoms with Crippen molar-refractivity contribution in [3.05, 3.63) is 0 Å². The van der Waals surface area contributed by atoms with Gasteiger partial charge in [0.25, 0.3) is 0 Å². The highest BCUT2D eigenvalue weighted by Crippen LogP contribution is 2.10. The molecule has 16 heavy (non-hydrogen) atoms. The molecule has 0 fully saturated rings. The van der Waals surface area contributed by atoms with Crippen LogP contribution in [0.4, 0.5) is 0 Å². The van der Waals surface area contributed by atoms with E-state index in [1.54, 1.807) is 6.08 Å². The minimum absolute atomic E-state index is 0.351. The number of aliphatic imine (C=N–C) groups is 1. The number of unbranched alkanes of at least 4 members (excludes halogenated alkanes) is 2. The summed E-state index contributed by atoms with van der Waals surface area (Å²) in [5.41, 5.74) is 0. The first-order valence-electron chi connectivity index (χ1n) is 6.00. The van der Waals surface area contributed by atoms with Gasteiger partial charge in [0.05, 0.1) is 6.17 Å². The number of rotatable bonds is 10. The van der Waals surface area contributed by atoms with E-state index in [-0.39, 0.29) is 0 Å². The molecule has 0 unspecified atom stereocenters. The van der Waals surface area contributed by atoms with Gasteiger partial charge in [0.15, 0.2) is 0 Å². The topological polar surface area (TPSA) is 47.9 Å². The van der Waals surface area contributed by atoms with Gasteiger partial charge in [-0.1, -0.05) is 26.7 Å². The Morgan fingerprint density at radius 3 is 2.00 bits per heavy atom. The smallest absolute Gasteiger partial charge is 0.358 e. The molecule has 0 radical (unpaired) electrons. The van der Waals surface area contributed by atoms with Crippen LogP contribution in [0.3, 0.4) is 0 Å². The first-order chi connectivity index (χ1) is 7.68. The summed E-state index contributed by atoms with van der Waals surface area (Å²) in [4.78, 5) is 13.7. The van der Waals surface area contributed by atoms with E-state index in [1.807, 2.05) is 6.55 Å². The Morgan fingerprint density at radius 2 is 1.62 bits per heavy atom. The molecule has 0 spiro atoms. The Labute approximate surface area is 99.3 Å². The van der Waals surface area contributed by atoms with Crippen LogP contribution in [0.1, 0.15) is 39.5 Å². The molecule has 0 N–H and O–H groups in total. The summed E-state index contributed by atoms with van der Waals surface area (Å²) in [5.74, 6) is 0. The average molecular weight is 245 g/mol. The first-order valence-corrected chi connectivity index (χ1v) is 8.52. The van der Waals surface area contributed by atoms with E-state index in [0.29, 0.717) is 19.4 Å². The van der Waals surface area contributed by atoms with Gasteiger partial charge < -0.3 is 8.85 Å². The minimum atomic E-state index is -2.27. The maximum atomic E-state index is 10.1. The Kier molecular flexibility index (Phi) is 9.43. The van der Waals surface area contributed by atoms with Gasteiger partial charge in [0.2, 0.25) is 6.08 Å². The van der Waals surface area contributed by atoms with Crippen molar-refractivity contribution in [2.45, 2.75) is 46.1 Å². The predicted octanol–water partition coefficient (Wildman–Crippen LogP) is 2.57. The lowest BCUT2D eigenvalue weighted by Gasteiger charge is -2.24. The van der Waals surface area contributed by atoms with E-state index in [9.17, 15) is 4.79 Å². The number of hydrogen-bond acceptors (Lipinski definition) is 4. The van der Waals surface area contributed by atoms with Crippen LogP contribution in [0, 0.1) is 0 Å². The number of hydrogen-bond donors (Lipinski definition) is 0. The molecule has 0 rings (SSSR count). The standard InChI is InChI=1S/C11H23NO3Si/c1-4-6-8-14-16(3,11-12-10-13)15-9-7-5-2/h4-9,11H2,1-3H3. The maximum absolute atomic E-state index is 10.1. The van der Waals surface area contributed by atoms with E-state index in [2.05, 4.69) is 18.8 Å². The highest BCUT2D eigenvalue weighted by atomic mass is 28.4. The largest absolute Gasteiger partial charge is 0.393 e. The SMILES string of the molecule is CCCCO[Si](C)(CN=C=O)OCCCC. The lowest BCUT2D eigenvalue weighted by atomic mass is 10.4. The van der Waals surface area contributed by atoms with E-state index in [1.165, 1.54) is 0 Å². The Bertz CT molecular complexity index is 207. The molecule has 4 nitrogen and oxygen atoms in total. The average Bonchev–Trinajstić information content (AvgIpc) is 2.27. The van der Waals surface area contributed by atoms with E-state index in [4.69, 9.17) is 8.85 Å². The van der Waals surface area contributed by atoms with Gasteiger partial charge >= 0.3 is 8.56 Å². The number of nitrogens with zero attached hydrogens (tertiary/aromatic N) is 1. The van der Waals surface area contributed by atoms with Crippen LogP contribution in [0.15, 0.2) is 4.99 Å². The van der Waals surface area contributed by atoms with E-state index < -0.39 is 8.56 Å². The summed E-state index contributed by atoms with van der Waals surface area (Å²) in [5, 5.41) is 0. The third-order valence-corrected chi connectivity index (χ3v) is 4.60. The van der Waals surface area contributed by atoms with Gasteiger partial charge in [-0.25, -0.2) is 9.79 Å². The summed E-state index contributed by atoms with van der Waals surface area (Å²) in [6.07, 6.45) is 6.13. The normalized spacial score (nSPS) is 11.2. The molecule has 0 aliphatic heterocycles. The summed E-state index contributed by atoms with van der Waals surface area (Å²) in [7, 11) is -2.27. The van der Waals surface area contributed by atoms with Crippen LogP contribution in [0.2, 0.25) is 6.55 Å². The monoisotopic (exact) mass is 245 g/mol. The Morgan fingerprint density at radius 1 is 1.12 bits per heavy atom. The lowest BCUT2D eigenvalue weighted by molar-refractivity contribution is 0.170. The van der Waals surface area contributed by atoms with E-state index in [0.717, 1.165) is 25.7 Å². The second kappa shape index (κ2) is 9.72. The quantitative estimate of drug-likeness (QED) is 0.257. The third kappa shape index (κ3) is 7.76. The van der Waals surface area contributed by atoms with Gasteiger partial charge in [-0.05, 0) is 19.4 Å². The highest BCUT2D eigenvalue weighted by molar-refractivity contribution is 6.66. The van der Waals surface area contributed by atoms with Gasteiger partial charge in [0.1, 0.15) is 0 Å². The molecule has 0 aromatic carbocycles. The van der Waals surface area contributed by atoms with Crippen LogP contribution >= 0.6 is 0 Å². The zero-order valence-corrected chi connectivity index (χ0v) is 11.6. The molecule has 94 valence electrons. The highest BCUT2D eigenvalue weighted by Gasteiger charge is 2.31. The summed E-state index contributed by atoms with van der Waals surface area (Å²) < 4.78 is 11.5. The third-order valence-electron chi connectivity index (χ3n) is 2.24. The molecule has 0 atom stereocenters. The summed E-state index contributed by atoms with van der Waals surface area (Å²) >= 11 is 0. The van der Waals surface area contributed by atoms with Crippen molar-refractivity contribution in [3.63, 3.8) is 0 Å². The fourth-order valence-electron chi connectivity index (χ4n) is 1.17. The van der Waals surface area contributed by atoms with Gasteiger partial charge in [-0.3, -0.25) is 0 Å². The zero-order valence-electron chi connectivity index (χ0n) is 10.6. The van der Waals surface area contributed by atoms with Gasteiger partial charge in [-0.15, -0.1) is 0 Å². The fourth-order valence-corrected chi connectivity index (χ4v) is 2.94. The molecule has 5 heteroatoms. The minimum Gasteiger partial charge on any atom is -0.393 e. The van der Waals surface area contributed by atoms with Crippen LogP contribution in [-0.2, 0) is 13.6 Å². The second-order valence-corrected chi connectivity index (χ2v) is 7.11. The van der Waals surface area contributed by atoms with Crippen molar-refractivity contribution in [3.8, 4) is 0 Å². The Balaban J connectivity index is 4.06. The summed E-state index contributed by atoms with van der Waals surface area (Å²) in [6.45, 7) is 7.58. The van der Waals surface area contributed by atoms with Gasteiger partial charge in [0, 0.05) is 13.2 Å². The second-order valence-electron chi connectivity index (χ2n) is 3.95. The first kappa shape index (κ1) is 15.5. The van der Waals surface area contributed by atoms with Crippen molar-refractivity contribution in [1.29, 1.82) is 0 Å². The van der Waals surface area contributed by atoms with Crippen molar-refractivity contribution < 1.29 is 13.6 Å². The molecule has 0 saturated carbocycles. The number of isocyanates is 1. The molecule has 0 saturated heterocycles. The van der Waals surface area contributed by atoms with Crippen LogP contribution in [0.25, 0.3) is 0 Å². The van der Waals surface area contributed by atoms with Gasteiger partial charge in [-0.2, -0.15) is 0 Å². The predicted molar refractivity (Wildman–Crippen MR) is 66.3 cm³/mol. The van der Waals surface area contributed by atoms with Crippen LogP contribution in [-0.4, -0.2) is 34.0 Å².